The van der Waals surface area contributed by atoms with Crippen molar-refractivity contribution >= 4 is 27.4 Å². The van der Waals surface area contributed by atoms with E-state index in [0.717, 1.165) is 33.0 Å². The third-order valence-corrected chi connectivity index (χ3v) is 4.27. The highest BCUT2D eigenvalue weighted by Crippen LogP contribution is 2.33. The fourth-order valence-corrected chi connectivity index (χ4v) is 3.18. The van der Waals surface area contributed by atoms with Gasteiger partial charge in [-0.1, -0.05) is 34.1 Å². The van der Waals surface area contributed by atoms with Gasteiger partial charge in [-0.25, -0.2) is 9.67 Å². The summed E-state index contributed by atoms with van der Waals surface area (Å²) in [6, 6.07) is 9.82. The zero-order valence-corrected chi connectivity index (χ0v) is 17.3. The molecule has 4 aromatic rings. The molecule has 0 aliphatic carbocycles. The lowest BCUT2D eigenvalue weighted by molar-refractivity contribution is 0.885. The molecule has 0 atom stereocenters. The Bertz CT molecular complexity index is 929. The van der Waals surface area contributed by atoms with Gasteiger partial charge in [-0.3, -0.25) is 0 Å². The molecular formula is C20H26N6S. The lowest BCUT2D eigenvalue weighted by Gasteiger charge is -2.07. The molecule has 1 N–H and O–H groups in total. The molecule has 0 aliphatic heterocycles. The average Bonchev–Trinajstić information content (AvgIpc) is 3.42. The van der Waals surface area contributed by atoms with Crippen LogP contribution in [0.15, 0.2) is 48.2 Å². The second-order valence-corrected chi connectivity index (χ2v) is 6.23. The van der Waals surface area contributed by atoms with Gasteiger partial charge in [0.2, 0.25) is 0 Å². The monoisotopic (exact) mass is 382 g/mol. The highest BCUT2D eigenvalue weighted by Gasteiger charge is 2.13. The first kappa shape index (κ1) is 20.5. The maximum Gasteiger partial charge on any atom is 0.148 e. The van der Waals surface area contributed by atoms with E-state index in [0.29, 0.717) is 0 Å². The van der Waals surface area contributed by atoms with Gasteiger partial charge < -0.3 is 5.32 Å². The van der Waals surface area contributed by atoms with E-state index in [1.165, 1.54) is 6.42 Å². The fraction of sp³-hybridized carbons (Fsp3) is 0.300. The summed E-state index contributed by atoms with van der Waals surface area (Å²) in [5.41, 5.74) is 5.59. The molecule has 3 heterocycles. The van der Waals surface area contributed by atoms with Crippen LogP contribution in [0.4, 0.5) is 5.82 Å². The molecule has 0 saturated heterocycles. The molecule has 142 valence electrons. The standard InChI is InChI=1S/C15H12N6S.C3H8.C2H6/c1-16-13-6-4-11(19-20-13)10-3-5-12(21-8-2-7-18-21)14-15(10)22-9-17-14;1-3-2;1-2/h2-9H,1H3,(H,16,20);3H2,1-2H3;1-2H3. The van der Waals surface area contributed by atoms with Crippen molar-refractivity contribution < 1.29 is 0 Å². The summed E-state index contributed by atoms with van der Waals surface area (Å²) >= 11 is 1.59. The first-order valence-corrected chi connectivity index (χ1v) is 10.0. The summed E-state index contributed by atoms with van der Waals surface area (Å²) in [7, 11) is 1.82. The summed E-state index contributed by atoms with van der Waals surface area (Å²) in [5.74, 6) is 0.748. The molecule has 4 rings (SSSR count). The Morgan fingerprint density at radius 1 is 1.07 bits per heavy atom. The molecule has 0 spiro atoms. The van der Waals surface area contributed by atoms with Crippen LogP contribution in [-0.4, -0.2) is 32.0 Å². The molecule has 6 nitrogen and oxygen atoms in total. The third kappa shape index (κ3) is 4.68. The number of hydrogen-bond donors (Lipinski definition) is 1. The minimum absolute atomic E-state index is 0.748. The average molecular weight is 383 g/mol. The molecule has 0 amide bonds. The van der Waals surface area contributed by atoms with E-state index in [1.807, 2.05) is 67.6 Å². The molecule has 0 saturated carbocycles. The normalized spacial score (nSPS) is 9.81. The number of benzene rings is 1. The number of aromatic nitrogens is 5. The highest BCUT2D eigenvalue weighted by atomic mass is 32.1. The quantitative estimate of drug-likeness (QED) is 0.512. The number of nitrogens with one attached hydrogen (secondary N) is 1. The summed E-state index contributed by atoms with van der Waals surface area (Å²) in [6.07, 6.45) is 4.92. The van der Waals surface area contributed by atoms with Crippen molar-refractivity contribution in [2.75, 3.05) is 12.4 Å². The van der Waals surface area contributed by atoms with E-state index >= 15 is 0 Å². The van der Waals surface area contributed by atoms with Gasteiger partial charge in [-0.05, 0) is 30.3 Å². The van der Waals surface area contributed by atoms with E-state index < -0.39 is 0 Å². The molecule has 0 aliphatic rings. The minimum Gasteiger partial charge on any atom is -0.372 e. The minimum atomic E-state index is 0.748. The topological polar surface area (TPSA) is 68.5 Å². The van der Waals surface area contributed by atoms with Gasteiger partial charge in [-0.15, -0.1) is 21.5 Å². The first-order chi connectivity index (χ1) is 13.3. The largest absolute Gasteiger partial charge is 0.372 e. The van der Waals surface area contributed by atoms with Crippen LogP contribution in [0, 0.1) is 0 Å². The van der Waals surface area contributed by atoms with Crippen LogP contribution in [-0.2, 0) is 0 Å². The Balaban J connectivity index is 0.000000478. The SMILES string of the molecule is CC.CCC.CNc1ccc(-c2ccc(-n3cccn3)c3ncsc23)nn1. The summed E-state index contributed by atoms with van der Waals surface area (Å²) in [5, 5.41) is 15.7. The first-order valence-electron chi connectivity index (χ1n) is 9.16. The molecule has 27 heavy (non-hydrogen) atoms. The van der Waals surface area contributed by atoms with E-state index in [1.54, 1.807) is 17.5 Å². The van der Waals surface area contributed by atoms with Gasteiger partial charge in [0.1, 0.15) is 11.3 Å². The van der Waals surface area contributed by atoms with Gasteiger partial charge in [0.05, 0.1) is 21.6 Å². The lowest BCUT2D eigenvalue weighted by Crippen LogP contribution is -1.97. The number of thiazole rings is 1. The van der Waals surface area contributed by atoms with E-state index in [2.05, 4.69) is 39.4 Å². The zero-order valence-electron chi connectivity index (χ0n) is 16.5. The van der Waals surface area contributed by atoms with Crippen molar-refractivity contribution in [1.82, 2.24) is 25.0 Å². The van der Waals surface area contributed by atoms with Crippen LogP contribution >= 0.6 is 11.3 Å². The van der Waals surface area contributed by atoms with Gasteiger partial charge in [-0.2, -0.15) is 5.10 Å². The van der Waals surface area contributed by atoms with Crippen molar-refractivity contribution in [3.05, 3.63) is 48.2 Å². The highest BCUT2D eigenvalue weighted by molar-refractivity contribution is 7.17. The smallest absolute Gasteiger partial charge is 0.148 e. The molecule has 0 unspecified atom stereocenters. The van der Waals surface area contributed by atoms with E-state index in [-0.39, 0.29) is 0 Å². The van der Waals surface area contributed by atoms with Gasteiger partial charge in [0.15, 0.2) is 0 Å². The van der Waals surface area contributed by atoms with Crippen LogP contribution in [0.2, 0.25) is 0 Å². The molecule has 1 aromatic carbocycles. The second-order valence-electron chi connectivity index (χ2n) is 5.37. The van der Waals surface area contributed by atoms with Crippen molar-refractivity contribution in [2.24, 2.45) is 0 Å². The van der Waals surface area contributed by atoms with Gasteiger partial charge in [0.25, 0.3) is 0 Å². The molecule has 3 aromatic heterocycles. The molecule has 0 radical (unpaired) electrons. The van der Waals surface area contributed by atoms with Crippen LogP contribution in [0.25, 0.3) is 27.2 Å². The summed E-state index contributed by atoms with van der Waals surface area (Å²) in [4.78, 5) is 4.49. The van der Waals surface area contributed by atoms with Gasteiger partial charge >= 0.3 is 0 Å². The maximum atomic E-state index is 4.49. The Morgan fingerprint density at radius 3 is 2.44 bits per heavy atom. The van der Waals surface area contributed by atoms with Crippen LogP contribution in [0.5, 0.6) is 0 Å². The van der Waals surface area contributed by atoms with Gasteiger partial charge in [0, 0.05) is 25.0 Å². The Labute approximate surface area is 164 Å². The molecule has 7 heteroatoms. The Morgan fingerprint density at radius 2 is 1.85 bits per heavy atom. The second kappa shape index (κ2) is 10.4. The van der Waals surface area contributed by atoms with Crippen LogP contribution in [0.1, 0.15) is 34.1 Å². The fourth-order valence-electron chi connectivity index (χ4n) is 2.34. The number of fused-ring (bicyclic) bond motifs is 1. The summed E-state index contributed by atoms with van der Waals surface area (Å²) < 4.78 is 2.90. The molecule has 0 bridgehead atoms. The summed E-state index contributed by atoms with van der Waals surface area (Å²) in [6.45, 7) is 8.25. The number of rotatable bonds is 3. The van der Waals surface area contributed by atoms with Crippen molar-refractivity contribution in [1.29, 1.82) is 0 Å². The number of hydrogen-bond acceptors (Lipinski definition) is 6. The van der Waals surface area contributed by atoms with E-state index in [9.17, 15) is 0 Å². The van der Waals surface area contributed by atoms with Crippen LogP contribution in [0.3, 0.4) is 0 Å². The number of anilines is 1. The van der Waals surface area contributed by atoms with Crippen LogP contribution < -0.4 is 5.32 Å². The van der Waals surface area contributed by atoms with Crippen molar-refractivity contribution in [2.45, 2.75) is 34.1 Å². The zero-order chi connectivity index (χ0) is 19.6. The van der Waals surface area contributed by atoms with Crippen molar-refractivity contribution in [3.8, 4) is 16.9 Å². The maximum absolute atomic E-state index is 4.49. The Hall–Kier alpha value is -2.80. The lowest BCUT2D eigenvalue weighted by atomic mass is 10.1. The van der Waals surface area contributed by atoms with Crippen molar-refractivity contribution in [3.63, 3.8) is 0 Å². The predicted molar refractivity (Wildman–Crippen MR) is 115 cm³/mol. The molecular weight excluding hydrogens is 356 g/mol. The predicted octanol–water partition coefficient (Wildman–Crippen LogP) is 5.42. The molecule has 0 fully saturated rings. The van der Waals surface area contributed by atoms with E-state index in [4.69, 9.17) is 0 Å². The Kier molecular flexibility index (Phi) is 7.88. The third-order valence-electron chi connectivity index (χ3n) is 3.41. The number of nitrogens with zero attached hydrogens (tertiary/aromatic N) is 5.